The van der Waals surface area contributed by atoms with E-state index in [1.807, 2.05) is 13.1 Å². The summed E-state index contributed by atoms with van der Waals surface area (Å²) in [5, 5.41) is 10.2. The fourth-order valence-corrected chi connectivity index (χ4v) is 2.57. The van der Waals surface area contributed by atoms with E-state index >= 15 is 0 Å². The molecule has 0 bridgehead atoms. The highest BCUT2D eigenvalue weighted by molar-refractivity contribution is 7.11. The molecule has 2 heterocycles. The Morgan fingerprint density at radius 2 is 2.62 bits per heavy atom. The number of ether oxygens (including phenoxy) is 1. The molecule has 0 aromatic carbocycles. The molecule has 1 fully saturated rings. The molecule has 0 saturated carbocycles. The molecule has 0 aliphatic carbocycles. The number of aliphatic hydroxyl groups excluding tert-OH is 1. The van der Waals surface area contributed by atoms with Crippen molar-refractivity contribution in [2.45, 2.75) is 19.4 Å². The summed E-state index contributed by atoms with van der Waals surface area (Å²) in [6.45, 7) is 2.95. The van der Waals surface area contributed by atoms with E-state index in [0.29, 0.717) is 0 Å². The number of hydrogen-bond donors (Lipinski definition) is 1. The van der Waals surface area contributed by atoms with Crippen molar-refractivity contribution in [3.8, 4) is 0 Å². The van der Waals surface area contributed by atoms with E-state index in [1.54, 1.807) is 11.3 Å². The van der Waals surface area contributed by atoms with Crippen molar-refractivity contribution in [3.63, 3.8) is 0 Å². The Morgan fingerprint density at radius 3 is 3.23 bits per heavy atom. The molecule has 1 saturated heterocycles. The number of aryl methyl sites for hydroxylation is 1. The Bertz CT molecular complexity index is 287. The normalized spacial score (nSPS) is 28.2. The van der Waals surface area contributed by atoms with Crippen LogP contribution in [-0.2, 0) is 4.74 Å². The first-order valence-corrected chi connectivity index (χ1v) is 5.27. The Hall–Kier alpha value is -0.450. The molecule has 3 nitrogen and oxygen atoms in total. The summed E-state index contributed by atoms with van der Waals surface area (Å²) in [6, 6.07) is 0. The second-order valence-corrected chi connectivity index (χ2v) is 4.57. The van der Waals surface area contributed by atoms with Gasteiger partial charge in [-0.15, -0.1) is 11.3 Å². The number of aromatic nitrogens is 1. The highest BCUT2D eigenvalue weighted by Gasteiger charge is 2.30. The third-order valence-electron chi connectivity index (χ3n) is 2.37. The Morgan fingerprint density at radius 1 is 1.77 bits per heavy atom. The van der Waals surface area contributed by atoms with Crippen molar-refractivity contribution in [1.29, 1.82) is 0 Å². The molecule has 1 N–H and O–H groups in total. The first-order valence-electron chi connectivity index (χ1n) is 4.46. The number of rotatable bonds is 2. The summed E-state index contributed by atoms with van der Waals surface area (Å²) in [5.74, 6) is 0.264. The van der Waals surface area contributed by atoms with Gasteiger partial charge in [-0.2, -0.15) is 0 Å². The van der Waals surface area contributed by atoms with Crippen molar-refractivity contribution in [2.75, 3.05) is 13.2 Å². The minimum atomic E-state index is 0.0798. The van der Waals surface area contributed by atoms with Crippen LogP contribution in [0.25, 0.3) is 0 Å². The largest absolute Gasteiger partial charge is 0.396 e. The second-order valence-electron chi connectivity index (χ2n) is 3.30. The maximum atomic E-state index is 9.11. The predicted molar refractivity (Wildman–Crippen MR) is 50.7 cm³/mol. The van der Waals surface area contributed by atoms with Crippen LogP contribution in [0.5, 0.6) is 0 Å². The second kappa shape index (κ2) is 3.74. The first-order chi connectivity index (χ1) is 6.31. The van der Waals surface area contributed by atoms with Crippen LogP contribution < -0.4 is 0 Å². The number of thiazole rings is 1. The summed E-state index contributed by atoms with van der Waals surface area (Å²) >= 11 is 1.66. The summed E-state index contributed by atoms with van der Waals surface area (Å²) in [7, 11) is 0. The predicted octanol–water partition coefficient (Wildman–Crippen LogP) is 1.52. The molecule has 1 aromatic heterocycles. The van der Waals surface area contributed by atoms with Gasteiger partial charge in [0, 0.05) is 25.3 Å². The maximum absolute atomic E-state index is 9.11. The number of nitrogens with zero attached hydrogens (tertiary/aromatic N) is 1. The monoisotopic (exact) mass is 199 g/mol. The topological polar surface area (TPSA) is 42.4 Å². The highest BCUT2D eigenvalue weighted by Crippen LogP contribution is 2.36. The molecule has 13 heavy (non-hydrogen) atoms. The third-order valence-corrected chi connectivity index (χ3v) is 3.34. The van der Waals surface area contributed by atoms with Gasteiger partial charge in [0.1, 0.15) is 0 Å². The molecule has 0 spiro atoms. The van der Waals surface area contributed by atoms with Crippen LogP contribution >= 0.6 is 11.3 Å². The SMILES string of the molecule is Cc1ncc(C2OCCC2CO)s1. The van der Waals surface area contributed by atoms with Gasteiger partial charge in [0.15, 0.2) is 0 Å². The molecule has 0 amide bonds. The maximum Gasteiger partial charge on any atom is 0.0983 e. The molecule has 4 heteroatoms. The van der Waals surface area contributed by atoms with Gasteiger partial charge in [-0.1, -0.05) is 0 Å². The molecule has 1 aromatic rings. The van der Waals surface area contributed by atoms with Crippen molar-refractivity contribution in [1.82, 2.24) is 4.98 Å². The number of aliphatic hydroxyl groups is 1. The van der Waals surface area contributed by atoms with Gasteiger partial charge in [-0.25, -0.2) is 4.98 Å². The zero-order valence-electron chi connectivity index (χ0n) is 7.56. The smallest absolute Gasteiger partial charge is 0.0983 e. The van der Waals surface area contributed by atoms with Gasteiger partial charge >= 0.3 is 0 Å². The van der Waals surface area contributed by atoms with Crippen molar-refractivity contribution >= 4 is 11.3 Å². The minimum Gasteiger partial charge on any atom is -0.396 e. The van der Waals surface area contributed by atoms with Crippen LogP contribution in [-0.4, -0.2) is 23.3 Å². The zero-order valence-corrected chi connectivity index (χ0v) is 8.38. The van der Waals surface area contributed by atoms with Gasteiger partial charge in [0.05, 0.1) is 16.0 Å². The lowest BCUT2D eigenvalue weighted by molar-refractivity contribution is 0.0745. The average Bonchev–Trinajstić information content (AvgIpc) is 2.71. The lowest BCUT2D eigenvalue weighted by atomic mass is 10.0. The van der Waals surface area contributed by atoms with Crippen LogP contribution in [0.1, 0.15) is 22.4 Å². The van der Waals surface area contributed by atoms with E-state index in [9.17, 15) is 0 Å². The summed E-state index contributed by atoms with van der Waals surface area (Å²) in [6.07, 6.45) is 2.90. The number of hydrogen-bond acceptors (Lipinski definition) is 4. The van der Waals surface area contributed by atoms with E-state index < -0.39 is 0 Å². The standard InChI is InChI=1S/C9H13NO2S/c1-6-10-4-8(13-6)9-7(5-11)2-3-12-9/h4,7,9,11H,2-3,5H2,1H3. The van der Waals surface area contributed by atoms with Crippen molar-refractivity contribution in [2.24, 2.45) is 5.92 Å². The lowest BCUT2D eigenvalue weighted by Gasteiger charge is -2.13. The Balaban J connectivity index is 2.15. The van der Waals surface area contributed by atoms with Crippen LogP contribution in [0.2, 0.25) is 0 Å². The van der Waals surface area contributed by atoms with Gasteiger partial charge < -0.3 is 9.84 Å². The zero-order chi connectivity index (χ0) is 9.26. The molecule has 2 rings (SSSR count). The molecule has 2 atom stereocenters. The van der Waals surface area contributed by atoms with Crippen LogP contribution in [0.4, 0.5) is 0 Å². The van der Waals surface area contributed by atoms with E-state index in [-0.39, 0.29) is 18.6 Å². The molecular weight excluding hydrogens is 186 g/mol. The molecule has 2 unspecified atom stereocenters. The van der Waals surface area contributed by atoms with Crippen molar-refractivity contribution in [3.05, 3.63) is 16.1 Å². The van der Waals surface area contributed by atoms with E-state index in [1.165, 1.54) is 0 Å². The molecule has 1 aliphatic rings. The third kappa shape index (κ3) is 1.75. The first kappa shape index (κ1) is 9.12. The minimum absolute atomic E-state index is 0.0798. The summed E-state index contributed by atoms with van der Waals surface area (Å²) in [4.78, 5) is 5.33. The van der Waals surface area contributed by atoms with Gasteiger partial charge in [0.25, 0.3) is 0 Å². The van der Waals surface area contributed by atoms with Gasteiger partial charge in [-0.05, 0) is 13.3 Å². The van der Waals surface area contributed by atoms with Crippen LogP contribution in [0, 0.1) is 12.8 Å². The Labute approximate surface area is 81.4 Å². The summed E-state index contributed by atoms with van der Waals surface area (Å²) in [5.41, 5.74) is 0. The molecule has 0 radical (unpaired) electrons. The van der Waals surface area contributed by atoms with Crippen LogP contribution in [0.15, 0.2) is 6.20 Å². The average molecular weight is 199 g/mol. The van der Waals surface area contributed by atoms with Crippen molar-refractivity contribution < 1.29 is 9.84 Å². The fourth-order valence-electron chi connectivity index (χ4n) is 1.64. The van der Waals surface area contributed by atoms with E-state index in [0.717, 1.165) is 22.9 Å². The highest BCUT2D eigenvalue weighted by atomic mass is 32.1. The van der Waals surface area contributed by atoms with Gasteiger partial charge in [0.2, 0.25) is 0 Å². The van der Waals surface area contributed by atoms with E-state index in [2.05, 4.69) is 4.98 Å². The van der Waals surface area contributed by atoms with Gasteiger partial charge in [-0.3, -0.25) is 0 Å². The van der Waals surface area contributed by atoms with E-state index in [4.69, 9.17) is 9.84 Å². The fraction of sp³-hybridized carbons (Fsp3) is 0.667. The summed E-state index contributed by atoms with van der Waals surface area (Å²) < 4.78 is 5.57. The molecular formula is C9H13NO2S. The lowest BCUT2D eigenvalue weighted by Crippen LogP contribution is -2.10. The molecule has 72 valence electrons. The molecule has 1 aliphatic heterocycles. The quantitative estimate of drug-likeness (QED) is 0.785. The Kier molecular flexibility index (Phi) is 2.62. The van der Waals surface area contributed by atoms with Crippen LogP contribution in [0.3, 0.4) is 0 Å².